The van der Waals surface area contributed by atoms with Crippen molar-refractivity contribution in [2.75, 3.05) is 16.8 Å². The molecule has 4 rings (SSSR count). The molecule has 1 N–H and O–H groups in total. The first-order valence-electron chi connectivity index (χ1n) is 9.01. The van der Waals surface area contributed by atoms with Gasteiger partial charge in [0.1, 0.15) is 17.0 Å². The number of nitrogens with zero attached hydrogens (tertiary/aromatic N) is 1. The Morgan fingerprint density at radius 1 is 1.19 bits per heavy atom. The molecule has 4 nitrogen and oxygen atoms in total. The van der Waals surface area contributed by atoms with Crippen molar-refractivity contribution in [1.82, 2.24) is 0 Å². The van der Waals surface area contributed by atoms with Crippen LogP contribution in [0.4, 0.5) is 20.2 Å². The van der Waals surface area contributed by atoms with Gasteiger partial charge < -0.3 is 10.2 Å². The Labute approximate surface area is 156 Å². The first-order chi connectivity index (χ1) is 12.8. The summed E-state index contributed by atoms with van der Waals surface area (Å²) in [6.07, 6.45) is 0.488. The number of anilines is 2. The van der Waals surface area contributed by atoms with E-state index in [9.17, 15) is 18.4 Å². The van der Waals surface area contributed by atoms with E-state index in [2.05, 4.69) is 5.32 Å². The van der Waals surface area contributed by atoms with Gasteiger partial charge >= 0.3 is 0 Å². The monoisotopic (exact) mass is 370 g/mol. The summed E-state index contributed by atoms with van der Waals surface area (Å²) < 4.78 is 27.3. The minimum atomic E-state index is -1.10. The van der Waals surface area contributed by atoms with E-state index in [1.807, 2.05) is 13.8 Å². The van der Waals surface area contributed by atoms with Crippen LogP contribution < -0.4 is 10.2 Å². The number of carbonyl (C=O) groups is 2. The summed E-state index contributed by atoms with van der Waals surface area (Å²) in [6.45, 7) is 4.22. The van der Waals surface area contributed by atoms with Crippen molar-refractivity contribution >= 4 is 23.2 Å². The van der Waals surface area contributed by atoms with E-state index in [-0.39, 0.29) is 29.4 Å². The minimum Gasteiger partial charge on any atom is -0.325 e. The number of amides is 2. The van der Waals surface area contributed by atoms with Gasteiger partial charge in [-0.05, 0) is 54.3 Å². The molecule has 1 aliphatic carbocycles. The molecule has 27 heavy (non-hydrogen) atoms. The maximum atomic E-state index is 14.2. The number of carbonyl (C=O) groups excluding carboxylic acids is 2. The molecule has 2 atom stereocenters. The maximum Gasteiger partial charge on any atom is 0.243 e. The number of fused-ring (bicyclic) bond motifs is 1. The summed E-state index contributed by atoms with van der Waals surface area (Å²) in [5, 5.41) is 2.70. The van der Waals surface area contributed by atoms with Crippen molar-refractivity contribution in [3.8, 4) is 0 Å². The lowest BCUT2D eigenvalue weighted by molar-refractivity contribution is -0.131. The van der Waals surface area contributed by atoms with Gasteiger partial charge in [-0.15, -0.1) is 0 Å². The zero-order chi connectivity index (χ0) is 19.3. The van der Waals surface area contributed by atoms with Gasteiger partial charge in [-0.2, -0.15) is 0 Å². The van der Waals surface area contributed by atoms with E-state index >= 15 is 0 Å². The predicted molar refractivity (Wildman–Crippen MR) is 98.4 cm³/mol. The van der Waals surface area contributed by atoms with E-state index < -0.39 is 11.3 Å². The molecule has 0 aromatic heterocycles. The fourth-order valence-corrected chi connectivity index (χ4v) is 3.89. The number of hydrogen-bond acceptors (Lipinski definition) is 2. The minimum absolute atomic E-state index is 0.0434. The fraction of sp³-hybridized carbons (Fsp3) is 0.333. The van der Waals surface area contributed by atoms with Crippen molar-refractivity contribution in [2.24, 2.45) is 11.3 Å². The van der Waals surface area contributed by atoms with Crippen LogP contribution in [0.2, 0.25) is 0 Å². The van der Waals surface area contributed by atoms with Crippen LogP contribution >= 0.6 is 0 Å². The number of halogens is 2. The number of piperidine rings is 1. The number of hydrogen-bond donors (Lipinski definition) is 1. The van der Waals surface area contributed by atoms with Gasteiger partial charge in [0.15, 0.2) is 0 Å². The Morgan fingerprint density at radius 2 is 1.89 bits per heavy atom. The number of rotatable bonds is 4. The van der Waals surface area contributed by atoms with Gasteiger partial charge in [0.05, 0.1) is 0 Å². The van der Waals surface area contributed by atoms with Gasteiger partial charge in [-0.25, -0.2) is 8.78 Å². The zero-order valence-electron chi connectivity index (χ0n) is 15.1. The van der Waals surface area contributed by atoms with Crippen molar-refractivity contribution in [3.05, 3.63) is 59.7 Å². The molecular formula is C21H20F2N2O2. The molecule has 1 aliphatic heterocycles. The second-order valence-electron chi connectivity index (χ2n) is 7.61. The largest absolute Gasteiger partial charge is 0.325 e. The molecule has 2 aromatic carbocycles. The van der Waals surface area contributed by atoms with Crippen molar-refractivity contribution in [3.63, 3.8) is 0 Å². The third kappa shape index (κ3) is 2.80. The highest BCUT2D eigenvalue weighted by atomic mass is 19.1. The van der Waals surface area contributed by atoms with E-state index in [1.165, 1.54) is 35.2 Å². The summed E-state index contributed by atoms with van der Waals surface area (Å²) in [7, 11) is 0. The predicted octanol–water partition coefficient (Wildman–Crippen LogP) is 4.08. The lowest BCUT2D eigenvalue weighted by atomic mass is 10.0. The lowest BCUT2D eigenvalue weighted by Crippen LogP contribution is -2.38. The Morgan fingerprint density at radius 3 is 2.52 bits per heavy atom. The van der Waals surface area contributed by atoms with Gasteiger partial charge in [-0.1, -0.05) is 19.9 Å². The summed E-state index contributed by atoms with van der Waals surface area (Å²) in [5.74, 6) is -1.47. The van der Waals surface area contributed by atoms with Gasteiger partial charge in [-0.3, -0.25) is 9.59 Å². The molecular weight excluding hydrogens is 350 g/mol. The molecule has 140 valence electrons. The molecule has 2 amide bonds. The fourth-order valence-electron chi connectivity index (χ4n) is 3.89. The Bertz CT molecular complexity index is 926. The van der Waals surface area contributed by atoms with Gasteiger partial charge in [0, 0.05) is 23.8 Å². The first kappa shape index (κ1) is 17.6. The average molecular weight is 370 g/mol. The van der Waals surface area contributed by atoms with Crippen LogP contribution in [0.25, 0.3) is 0 Å². The highest BCUT2D eigenvalue weighted by molar-refractivity contribution is 6.20. The van der Waals surface area contributed by atoms with Crippen LogP contribution in [0.1, 0.15) is 31.7 Å². The van der Waals surface area contributed by atoms with Crippen LogP contribution in [-0.2, 0) is 9.59 Å². The molecule has 2 unspecified atom stereocenters. The molecule has 0 bridgehead atoms. The smallest absolute Gasteiger partial charge is 0.243 e. The highest BCUT2D eigenvalue weighted by Gasteiger charge is 2.71. The molecule has 2 fully saturated rings. The topological polar surface area (TPSA) is 49.4 Å². The molecule has 1 saturated carbocycles. The molecule has 0 spiro atoms. The SMILES string of the molecule is CC(C)c1ccc(NC(=O)C23CC2CN(c2ccc(F)cc2)C3=O)cc1F. The van der Waals surface area contributed by atoms with E-state index in [0.29, 0.717) is 29.9 Å². The zero-order valence-corrected chi connectivity index (χ0v) is 15.1. The lowest BCUT2D eigenvalue weighted by Gasteiger charge is -2.21. The Kier molecular flexibility index (Phi) is 4.02. The van der Waals surface area contributed by atoms with Crippen molar-refractivity contribution < 1.29 is 18.4 Å². The first-order valence-corrected chi connectivity index (χ1v) is 9.01. The van der Waals surface area contributed by atoms with E-state index in [1.54, 1.807) is 12.1 Å². The van der Waals surface area contributed by atoms with Gasteiger partial charge in [0.25, 0.3) is 0 Å². The maximum absolute atomic E-state index is 14.2. The van der Waals surface area contributed by atoms with Crippen LogP contribution in [0.15, 0.2) is 42.5 Å². The normalized spacial score (nSPS) is 23.5. The summed E-state index contributed by atoms with van der Waals surface area (Å²) in [4.78, 5) is 27.2. The number of benzene rings is 2. The Balaban J connectivity index is 1.52. The summed E-state index contributed by atoms with van der Waals surface area (Å²) in [6, 6.07) is 10.2. The third-order valence-electron chi connectivity index (χ3n) is 5.56. The third-order valence-corrected chi connectivity index (χ3v) is 5.56. The van der Waals surface area contributed by atoms with Crippen molar-refractivity contribution in [2.45, 2.75) is 26.2 Å². The molecule has 2 aliphatic rings. The van der Waals surface area contributed by atoms with Crippen LogP contribution in [0, 0.1) is 23.0 Å². The molecule has 0 radical (unpaired) electrons. The average Bonchev–Trinajstić information content (AvgIpc) is 3.28. The van der Waals surface area contributed by atoms with Crippen LogP contribution in [0.3, 0.4) is 0 Å². The van der Waals surface area contributed by atoms with Crippen LogP contribution in [-0.4, -0.2) is 18.4 Å². The second-order valence-corrected chi connectivity index (χ2v) is 7.61. The highest BCUT2D eigenvalue weighted by Crippen LogP contribution is 2.59. The molecule has 1 heterocycles. The quantitative estimate of drug-likeness (QED) is 0.825. The number of nitrogens with one attached hydrogen (secondary N) is 1. The van der Waals surface area contributed by atoms with Crippen LogP contribution in [0.5, 0.6) is 0 Å². The molecule has 1 saturated heterocycles. The molecule has 6 heteroatoms. The van der Waals surface area contributed by atoms with Crippen molar-refractivity contribution in [1.29, 1.82) is 0 Å². The van der Waals surface area contributed by atoms with E-state index in [0.717, 1.165) is 0 Å². The standard InChI is InChI=1S/C21H20F2N2O2/c1-12(2)17-8-5-15(9-18(17)23)24-19(26)21-10-13(21)11-25(20(21)27)16-6-3-14(22)4-7-16/h3-9,12-13H,10-11H2,1-2H3,(H,24,26). The van der Waals surface area contributed by atoms with E-state index in [4.69, 9.17) is 0 Å². The van der Waals surface area contributed by atoms with Gasteiger partial charge in [0.2, 0.25) is 11.8 Å². The summed E-state index contributed by atoms with van der Waals surface area (Å²) in [5.41, 5.74) is 0.402. The molecule has 2 aromatic rings. The summed E-state index contributed by atoms with van der Waals surface area (Å²) >= 11 is 0. The second kappa shape index (κ2) is 6.15. The Hall–Kier alpha value is -2.76.